The summed E-state index contributed by atoms with van der Waals surface area (Å²) in [5.41, 5.74) is 4.14. The van der Waals surface area contributed by atoms with Gasteiger partial charge >= 0.3 is 0 Å². The van der Waals surface area contributed by atoms with Gasteiger partial charge in [0, 0.05) is 41.7 Å². The summed E-state index contributed by atoms with van der Waals surface area (Å²) < 4.78 is 27.1. The first-order valence-corrected chi connectivity index (χ1v) is 11.8. The molecular weight excluding hydrogens is 406 g/mol. The van der Waals surface area contributed by atoms with Crippen LogP contribution >= 0.6 is 11.6 Å². The lowest BCUT2D eigenvalue weighted by molar-refractivity contribution is 0.320. The molecular formula is C22H24ClN3O2S. The third-order valence-corrected chi connectivity index (χ3v) is 6.82. The van der Waals surface area contributed by atoms with Crippen molar-refractivity contribution in [3.05, 3.63) is 88.7 Å². The number of H-pyrrole nitrogens is 1. The summed E-state index contributed by atoms with van der Waals surface area (Å²) in [6.45, 7) is 1.58. The van der Waals surface area contributed by atoms with Crippen molar-refractivity contribution >= 4 is 27.3 Å². The first-order valence-electron chi connectivity index (χ1n) is 9.56. The molecule has 5 nitrogen and oxygen atoms in total. The van der Waals surface area contributed by atoms with E-state index in [9.17, 15) is 8.42 Å². The maximum Gasteiger partial charge on any atom is 0.211 e. The summed E-state index contributed by atoms with van der Waals surface area (Å²) in [6, 6.07) is 19.6. The first-order chi connectivity index (χ1) is 13.9. The van der Waals surface area contributed by atoms with Crippen molar-refractivity contribution in [3.63, 3.8) is 0 Å². The molecule has 29 heavy (non-hydrogen) atoms. The number of aromatic amines is 1. The highest BCUT2D eigenvalue weighted by molar-refractivity contribution is 7.88. The molecule has 1 aliphatic heterocycles. The van der Waals surface area contributed by atoms with E-state index in [1.54, 1.807) is 4.31 Å². The quantitative estimate of drug-likeness (QED) is 0.665. The van der Waals surface area contributed by atoms with Crippen LogP contribution in [0.15, 0.2) is 66.9 Å². The SMILES string of the molecule is CS(=O)(=O)N1Cc2cc(Cl)ccc2N(Cc2ccc[nH]2)C[C@H]1Cc1ccccc1. The van der Waals surface area contributed by atoms with Crippen molar-refractivity contribution in [2.45, 2.75) is 25.6 Å². The topological polar surface area (TPSA) is 56.4 Å². The number of aromatic nitrogens is 1. The van der Waals surface area contributed by atoms with E-state index in [1.165, 1.54) is 6.26 Å². The summed E-state index contributed by atoms with van der Waals surface area (Å²) in [7, 11) is -3.40. The van der Waals surface area contributed by atoms with Crippen LogP contribution in [-0.4, -0.2) is 36.5 Å². The zero-order chi connectivity index (χ0) is 20.4. The van der Waals surface area contributed by atoms with Gasteiger partial charge in [0.2, 0.25) is 10.0 Å². The minimum absolute atomic E-state index is 0.187. The minimum atomic E-state index is -3.40. The number of nitrogens with zero attached hydrogens (tertiary/aromatic N) is 2. The van der Waals surface area contributed by atoms with Crippen molar-refractivity contribution in [3.8, 4) is 0 Å². The molecule has 1 atom stereocenters. The van der Waals surface area contributed by atoms with E-state index in [4.69, 9.17) is 11.6 Å². The van der Waals surface area contributed by atoms with Crippen LogP contribution < -0.4 is 4.90 Å². The van der Waals surface area contributed by atoms with Crippen molar-refractivity contribution in [2.24, 2.45) is 0 Å². The lowest BCUT2D eigenvalue weighted by Crippen LogP contribution is -2.45. The van der Waals surface area contributed by atoms with Gasteiger partial charge in [0.25, 0.3) is 0 Å². The number of halogens is 1. The fraction of sp³-hybridized carbons (Fsp3) is 0.273. The smallest absolute Gasteiger partial charge is 0.211 e. The van der Waals surface area contributed by atoms with Gasteiger partial charge in [-0.3, -0.25) is 0 Å². The normalized spacial score (nSPS) is 17.7. The van der Waals surface area contributed by atoms with E-state index in [0.29, 0.717) is 31.1 Å². The Balaban J connectivity index is 1.75. The monoisotopic (exact) mass is 429 g/mol. The van der Waals surface area contributed by atoms with Gasteiger partial charge < -0.3 is 9.88 Å². The summed E-state index contributed by atoms with van der Waals surface area (Å²) >= 11 is 6.26. The largest absolute Gasteiger partial charge is 0.364 e. The second-order valence-corrected chi connectivity index (χ2v) is 9.87. The van der Waals surface area contributed by atoms with E-state index in [0.717, 1.165) is 22.5 Å². The molecule has 152 valence electrons. The van der Waals surface area contributed by atoms with Crippen LogP contribution in [0.3, 0.4) is 0 Å². The fourth-order valence-electron chi connectivity index (χ4n) is 3.99. The molecule has 0 saturated carbocycles. The molecule has 0 spiro atoms. The highest BCUT2D eigenvalue weighted by Gasteiger charge is 2.33. The standard InChI is InChI=1S/C22H24ClN3O2S/c1-29(27,28)26-14-18-13-19(23)9-10-22(18)25(15-20-8-5-11-24-20)16-21(26)12-17-6-3-2-4-7-17/h2-11,13,21,24H,12,14-16H2,1H3/t21-/m1/s1. The highest BCUT2D eigenvalue weighted by atomic mass is 35.5. The number of rotatable bonds is 5. The molecule has 7 heteroatoms. The van der Waals surface area contributed by atoms with Crippen LogP contribution in [0, 0.1) is 0 Å². The third kappa shape index (κ3) is 4.66. The molecule has 2 aromatic carbocycles. The molecule has 2 heterocycles. The molecule has 3 aromatic rings. The predicted octanol–water partition coefficient (Wildman–Crippen LogP) is 4.06. The number of nitrogens with one attached hydrogen (secondary N) is 1. The number of hydrogen-bond donors (Lipinski definition) is 1. The molecule has 0 bridgehead atoms. The Bertz CT molecular complexity index is 1070. The summed E-state index contributed by atoms with van der Waals surface area (Å²) in [4.78, 5) is 5.50. The van der Waals surface area contributed by atoms with E-state index < -0.39 is 10.0 Å². The van der Waals surface area contributed by atoms with Gasteiger partial charge in [0.1, 0.15) is 0 Å². The molecule has 1 aliphatic rings. The lowest BCUT2D eigenvalue weighted by Gasteiger charge is -2.31. The van der Waals surface area contributed by atoms with Gasteiger partial charge in [-0.1, -0.05) is 41.9 Å². The molecule has 0 unspecified atom stereocenters. The number of sulfonamides is 1. The zero-order valence-corrected chi connectivity index (χ0v) is 17.8. The number of benzene rings is 2. The average molecular weight is 430 g/mol. The van der Waals surface area contributed by atoms with E-state index in [2.05, 4.69) is 9.88 Å². The molecule has 0 aliphatic carbocycles. The fourth-order valence-corrected chi connectivity index (χ4v) is 5.24. The Morgan fingerprint density at radius 2 is 1.90 bits per heavy atom. The van der Waals surface area contributed by atoms with E-state index in [1.807, 2.05) is 66.9 Å². The number of fused-ring (bicyclic) bond motifs is 1. The maximum absolute atomic E-state index is 12.7. The van der Waals surface area contributed by atoms with Crippen molar-refractivity contribution in [2.75, 3.05) is 17.7 Å². The average Bonchev–Trinajstić information content (AvgIpc) is 3.13. The van der Waals surface area contributed by atoms with Crippen molar-refractivity contribution in [1.82, 2.24) is 9.29 Å². The van der Waals surface area contributed by atoms with Crippen LogP contribution in [0.5, 0.6) is 0 Å². The molecule has 1 aromatic heterocycles. The Morgan fingerprint density at radius 3 is 2.59 bits per heavy atom. The van der Waals surface area contributed by atoms with Gasteiger partial charge in [-0.2, -0.15) is 4.31 Å². The molecule has 0 amide bonds. The van der Waals surface area contributed by atoms with Crippen LogP contribution in [0.25, 0.3) is 0 Å². The summed E-state index contributed by atoms with van der Waals surface area (Å²) in [5, 5.41) is 0.610. The maximum atomic E-state index is 12.7. The summed E-state index contributed by atoms with van der Waals surface area (Å²) in [6.07, 6.45) is 3.84. The second-order valence-electron chi connectivity index (χ2n) is 7.50. The molecule has 0 saturated heterocycles. The number of hydrogen-bond acceptors (Lipinski definition) is 3. The van der Waals surface area contributed by atoms with Crippen LogP contribution in [0.1, 0.15) is 16.8 Å². The molecule has 4 rings (SSSR count). The van der Waals surface area contributed by atoms with E-state index in [-0.39, 0.29) is 6.04 Å². The van der Waals surface area contributed by atoms with Crippen molar-refractivity contribution < 1.29 is 8.42 Å². The lowest BCUT2D eigenvalue weighted by atomic mass is 10.1. The Labute approximate surface area is 177 Å². The molecule has 0 radical (unpaired) electrons. The second kappa shape index (κ2) is 8.22. The van der Waals surface area contributed by atoms with Crippen molar-refractivity contribution in [1.29, 1.82) is 0 Å². The first kappa shape index (κ1) is 20.0. The van der Waals surface area contributed by atoms with Crippen LogP contribution in [-0.2, 0) is 29.5 Å². The van der Waals surface area contributed by atoms with Gasteiger partial charge in [-0.05, 0) is 47.9 Å². The van der Waals surface area contributed by atoms with Crippen LogP contribution in [0.4, 0.5) is 5.69 Å². The van der Waals surface area contributed by atoms with Gasteiger partial charge in [-0.15, -0.1) is 0 Å². The number of anilines is 1. The molecule has 1 N–H and O–H groups in total. The highest BCUT2D eigenvalue weighted by Crippen LogP contribution is 2.32. The van der Waals surface area contributed by atoms with Gasteiger partial charge in [-0.25, -0.2) is 8.42 Å². The minimum Gasteiger partial charge on any atom is -0.364 e. The molecule has 0 fully saturated rings. The van der Waals surface area contributed by atoms with Gasteiger partial charge in [0.15, 0.2) is 0 Å². The predicted molar refractivity (Wildman–Crippen MR) is 118 cm³/mol. The third-order valence-electron chi connectivity index (χ3n) is 5.31. The van der Waals surface area contributed by atoms with E-state index >= 15 is 0 Å². The Kier molecular flexibility index (Phi) is 5.67. The van der Waals surface area contributed by atoms with Crippen LogP contribution in [0.2, 0.25) is 5.02 Å². The summed E-state index contributed by atoms with van der Waals surface area (Å²) in [5.74, 6) is 0. The Hall–Kier alpha value is -2.28. The zero-order valence-electron chi connectivity index (χ0n) is 16.3. The Morgan fingerprint density at radius 1 is 1.10 bits per heavy atom. The van der Waals surface area contributed by atoms with Gasteiger partial charge in [0.05, 0.1) is 12.8 Å².